The summed E-state index contributed by atoms with van der Waals surface area (Å²) >= 11 is 0. The van der Waals surface area contributed by atoms with Crippen LogP contribution < -0.4 is 0 Å². The molecule has 2 bridgehead atoms. The Morgan fingerprint density at radius 1 is 1.33 bits per heavy atom. The third kappa shape index (κ3) is 1.99. The SMILES string of the molecule is CCC(C(=O)c1ccccc1)N1CC2CCC1C2. The van der Waals surface area contributed by atoms with Crippen LogP contribution >= 0.6 is 0 Å². The first-order valence-electron chi connectivity index (χ1n) is 7.14. The maximum Gasteiger partial charge on any atom is 0.179 e. The highest BCUT2D eigenvalue weighted by molar-refractivity contribution is 6.00. The smallest absolute Gasteiger partial charge is 0.179 e. The Morgan fingerprint density at radius 2 is 2.11 bits per heavy atom. The zero-order valence-electron chi connectivity index (χ0n) is 11.0. The number of nitrogens with zero attached hydrogens (tertiary/aromatic N) is 1. The third-order valence-corrected chi connectivity index (χ3v) is 4.60. The molecule has 3 rings (SSSR count). The summed E-state index contributed by atoms with van der Waals surface area (Å²) in [6.45, 7) is 3.28. The summed E-state index contributed by atoms with van der Waals surface area (Å²) in [6.07, 6.45) is 4.91. The van der Waals surface area contributed by atoms with Crippen LogP contribution in [0.4, 0.5) is 0 Å². The Kier molecular flexibility index (Phi) is 3.21. The molecule has 2 nitrogen and oxygen atoms in total. The fourth-order valence-electron chi connectivity index (χ4n) is 3.71. The van der Waals surface area contributed by atoms with E-state index in [-0.39, 0.29) is 6.04 Å². The number of carbonyl (C=O) groups is 1. The number of likely N-dealkylation sites (tertiary alicyclic amines) is 1. The molecule has 3 atom stereocenters. The van der Waals surface area contributed by atoms with E-state index in [0.29, 0.717) is 11.8 Å². The van der Waals surface area contributed by atoms with Crippen LogP contribution in [0.25, 0.3) is 0 Å². The van der Waals surface area contributed by atoms with Gasteiger partial charge in [0.25, 0.3) is 0 Å². The molecule has 1 aliphatic carbocycles. The summed E-state index contributed by atoms with van der Waals surface area (Å²) in [6, 6.07) is 10.5. The van der Waals surface area contributed by atoms with E-state index >= 15 is 0 Å². The molecule has 1 saturated carbocycles. The minimum atomic E-state index is 0.0997. The zero-order chi connectivity index (χ0) is 12.5. The minimum Gasteiger partial charge on any atom is -0.292 e. The topological polar surface area (TPSA) is 20.3 Å². The standard InChI is InChI=1S/C16H21NO/c1-2-15(16(18)13-6-4-3-5-7-13)17-11-12-8-9-14(17)10-12/h3-7,12,14-15H,2,8-11H2,1H3. The van der Waals surface area contributed by atoms with Gasteiger partial charge in [-0.15, -0.1) is 0 Å². The molecule has 0 amide bonds. The number of carbonyl (C=O) groups excluding carboxylic acids is 1. The van der Waals surface area contributed by atoms with Crippen molar-refractivity contribution in [1.29, 1.82) is 0 Å². The number of benzene rings is 1. The van der Waals surface area contributed by atoms with Gasteiger partial charge in [-0.05, 0) is 31.6 Å². The average molecular weight is 243 g/mol. The molecular formula is C16H21NO. The minimum absolute atomic E-state index is 0.0997. The fraction of sp³-hybridized carbons (Fsp3) is 0.562. The van der Waals surface area contributed by atoms with E-state index < -0.39 is 0 Å². The summed E-state index contributed by atoms with van der Waals surface area (Å²) in [5, 5.41) is 0. The molecule has 0 radical (unpaired) electrons. The highest BCUT2D eigenvalue weighted by Crippen LogP contribution is 2.39. The summed E-state index contributed by atoms with van der Waals surface area (Å²) < 4.78 is 0. The van der Waals surface area contributed by atoms with Crippen LogP contribution in [0.15, 0.2) is 30.3 Å². The molecule has 2 aliphatic rings. The lowest BCUT2D eigenvalue weighted by molar-refractivity contribution is 0.0752. The van der Waals surface area contributed by atoms with Crippen molar-refractivity contribution in [1.82, 2.24) is 4.90 Å². The maximum atomic E-state index is 12.6. The molecule has 3 unspecified atom stereocenters. The van der Waals surface area contributed by atoms with Crippen molar-refractivity contribution in [3.05, 3.63) is 35.9 Å². The first kappa shape index (κ1) is 11.9. The Balaban J connectivity index is 1.79. The van der Waals surface area contributed by atoms with Crippen LogP contribution in [0.1, 0.15) is 43.0 Å². The first-order valence-corrected chi connectivity index (χ1v) is 7.14. The molecule has 1 aromatic rings. The molecule has 2 fully saturated rings. The summed E-state index contributed by atoms with van der Waals surface area (Å²) in [7, 11) is 0. The molecule has 18 heavy (non-hydrogen) atoms. The van der Waals surface area contributed by atoms with Crippen molar-refractivity contribution in [3.63, 3.8) is 0 Å². The number of ketones is 1. The molecule has 2 heteroatoms. The van der Waals surface area contributed by atoms with E-state index in [1.165, 1.54) is 19.3 Å². The van der Waals surface area contributed by atoms with Gasteiger partial charge in [-0.25, -0.2) is 0 Å². The van der Waals surface area contributed by atoms with Crippen LogP contribution in [0.5, 0.6) is 0 Å². The monoisotopic (exact) mass is 243 g/mol. The Bertz CT molecular complexity index is 428. The molecule has 1 saturated heterocycles. The van der Waals surface area contributed by atoms with Crippen molar-refractivity contribution < 1.29 is 4.79 Å². The Hall–Kier alpha value is -1.15. The number of fused-ring (bicyclic) bond motifs is 2. The molecular weight excluding hydrogens is 222 g/mol. The third-order valence-electron chi connectivity index (χ3n) is 4.60. The van der Waals surface area contributed by atoms with Gasteiger partial charge in [0.1, 0.15) is 0 Å². The molecule has 0 aromatic heterocycles. The van der Waals surface area contributed by atoms with Crippen LogP contribution in [0.2, 0.25) is 0 Å². The Morgan fingerprint density at radius 3 is 2.67 bits per heavy atom. The van der Waals surface area contributed by atoms with E-state index in [1.807, 2.05) is 30.3 Å². The van der Waals surface area contributed by atoms with Gasteiger partial charge < -0.3 is 0 Å². The Labute approximate surface area is 109 Å². The van der Waals surface area contributed by atoms with Crippen LogP contribution in [0, 0.1) is 5.92 Å². The molecule has 1 aliphatic heterocycles. The van der Waals surface area contributed by atoms with E-state index in [1.54, 1.807) is 0 Å². The summed E-state index contributed by atoms with van der Waals surface area (Å²) in [5.41, 5.74) is 0.868. The molecule has 1 heterocycles. The van der Waals surface area contributed by atoms with Gasteiger partial charge in [0.05, 0.1) is 6.04 Å². The highest BCUT2D eigenvalue weighted by atomic mass is 16.1. The van der Waals surface area contributed by atoms with Gasteiger partial charge in [0.2, 0.25) is 0 Å². The molecule has 0 N–H and O–H groups in total. The van der Waals surface area contributed by atoms with Crippen LogP contribution in [-0.4, -0.2) is 29.3 Å². The number of Topliss-reactive ketones (excluding diaryl/α,β-unsaturated/α-hetero) is 1. The molecule has 0 spiro atoms. The first-order chi connectivity index (χ1) is 8.79. The van der Waals surface area contributed by atoms with E-state index in [9.17, 15) is 4.79 Å². The lowest BCUT2D eigenvalue weighted by atomic mass is 9.98. The average Bonchev–Trinajstić information content (AvgIpc) is 3.03. The van der Waals surface area contributed by atoms with Crippen molar-refractivity contribution in [2.45, 2.75) is 44.7 Å². The largest absolute Gasteiger partial charge is 0.292 e. The maximum absolute atomic E-state index is 12.6. The number of hydrogen-bond donors (Lipinski definition) is 0. The summed E-state index contributed by atoms with van der Waals surface area (Å²) in [5.74, 6) is 1.17. The molecule has 1 aromatic carbocycles. The number of rotatable bonds is 4. The predicted octanol–water partition coefficient (Wildman–Crippen LogP) is 3.13. The lowest BCUT2D eigenvalue weighted by Gasteiger charge is -2.33. The van der Waals surface area contributed by atoms with E-state index in [4.69, 9.17) is 0 Å². The second-order valence-corrected chi connectivity index (χ2v) is 5.68. The second kappa shape index (κ2) is 4.85. The predicted molar refractivity (Wildman–Crippen MR) is 72.7 cm³/mol. The van der Waals surface area contributed by atoms with Crippen molar-refractivity contribution in [3.8, 4) is 0 Å². The van der Waals surface area contributed by atoms with Gasteiger partial charge in [-0.1, -0.05) is 37.3 Å². The van der Waals surface area contributed by atoms with Crippen LogP contribution in [0.3, 0.4) is 0 Å². The van der Waals surface area contributed by atoms with Gasteiger partial charge in [-0.3, -0.25) is 9.69 Å². The zero-order valence-corrected chi connectivity index (χ0v) is 11.0. The van der Waals surface area contributed by atoms with Crippen molar-refractivity contribution in [2.75, 3.05) is 6.54 Å². The van der Waals surface area contributed by atoms with Gasteiger partial charge in [0.15, 0.2) is 5.78 Å². The van der Waals surface area contributed by atoms with Crippen molar-refractivity contribution in [2.24, 2.45) is 5.92 Å². The quantitative estimate of drug-likeness (QED) is 0.757. The second-order valence-electron chi connectivity index (χ2n) is 5.68. The van der Waals surface area contributed by atoms with E-state index in [2.05, 4.69) is 11.8 Å². The van der Waals surface area contributed by atoms with Gasteiger partial charge >= 0.3 is 0 Å². The fourth-order valence-corrected chi connectivity index (χ4v) is 3.71. The van der Waals surface area contributed by atoms with Gasteiger partial charge in [-0.2, -0.15) is 0 Å². The van der Waals surface area contributed by atoms with Gasteiger partial charge in [0, 0.05) is 18.2 Å². The number of piperidine rings is 1. The highest BCUT2D eigenvalue weighted by Gasteiger charge is 2.42. The van der Waals surface area contributed by atoms with Crippen LogP contribution in [-0.2, 0) is 0 Å². The normalized spacial score (nSPS) is 28.5. The lowest BCUT2D eigenvalue weighted by Crippen LogP contribution is -2.45. The van der Waals surface area contributed by atoms with Crippen molar-refractivity contribution >= 4 is 5.78 Å². The van der Waals surface area contributed by atoms with E-state index in [0.717, 1.165) is 24.4 Å². The summed E-state index contributed by atoms with van der Waals surface area (Å²) in [4.78, 5) is 15.1. The number of hydrogen-bond acceptors (Lipinski definition) is 2. The molecule has 96 valence electrons.